The molecule has 0 saturated heterocycles. The van der Waals surface area contributed by atoms with E-state index in [9.17, 15) is 16.8 Å². The summed E-state index contributed by atoms with van der Waals surface area (Å²) < 4.78 is 53.6. The molecule has 0 aliphatic heterocycles. The van der Waals surface area contributed by atoms with E-state index >= 15 is 0 Å². The molecular weight excluding hydrogens is 399 g/mol. The van der Waals surface area contributed by atoms with Crippen LogP contribution < -0.4 is 14.6 Å². The Hall–Kier alpha value is -1.52. The summed E-state index contributed by atoms with van der Waals surface area (Å²) in [5.41, 5.74) is 0.0240. The van der Waals surface area contributed by atoms with Crippen LogP contribution >= 0.6 is 23.2 Å². The number of rotatable bonds is 5. The molecule has 0 radical (unpaired) electrons. The Labute approximate surface area is 149 Å². The molecule has 24 heavy (non-hydrogen) atoms. The van der Waals surface area contributed by atoms with E-state index in [4.69, 9.17) is 33.1 Å². The second-order valence-electron chi connectivity index (χ2n) is 4.75. The van der Waals surface area contributed by atoms with E-state index in [0.29, 0.717) is 5.02 Å². The van der Waals surface area contributed by atoms with E-state index in [1.54, 1.807) is 0 Å². The van der Waals surface area contributed by atoms with Gasteiger partial charge in [0, 0.05) is 11.1 Å². The summed E-state index contributed by atoms with van der Waals surface area (Å²) >= 11 is 11.8. The first kappa shape index (κ1) is 18.8. The number of nitrogens with one attached hydrogen (secondary N) is 1. The third-order valence-corrected chi connectivity index (χ3v) is 4.72. The molecule has 0 aliphatic rings. The summed E-state index contributed by atoms with van der Waals surface area (Å²) in [7, 11) is -7.63. The van der Waals surface area contributed by atoms with Crippen LogP contribution in [0.25, 0.3) is 0 Å². The fraction of sp³-hybridized carbons (Fsp3) is 0.0769. The van der Waals surface area contributed by atoms with Gasteiger partial charge in [0.2, 0.25) is 20.0 Å². The van der Waals surface area contributed by atoms with Crippen molar-refractivity contribution in [3.63, 3.8) is 0 Å². The van der Waals surface area contributed by atoms with E-state index in [-0.39, 0.29) is 27.1 Å². The summed E-state index contributed by atoms with van der Waals surface area (Å²) in [5.74, 6) is 0.0698. The maximum absolute atomic E-state index is 11.5. The van der Waals surface area contributed by atoms with Crippen molar-refractivity contribution in [3.05, 3.63) is 46.4 Å². The van der Waals surface area contributed by atoms with Crippen molar-refractivity contribution < 1.29 is 21.6 Å². The number of sulfonamides is 2. The summed E-state index contributed by atoms with van der Waals surface area (Å²) in [5, 5.41) is 5.62. The molecule has 0 spiro atoms. The lowest BCUT2D eigenvalue weighted by atomic mass is 10.3. The SMILES string of the molecule is CS(=O)(=O)Nc1ccc(S(N)(=O)=O)cc1Oc1ccc(Cl)cc1Cl. The van der Waals surface area contributed by atoms with Crippen LogP contribution in [0.4, 0.5) is 5.69 Å². The van der Waals surface area contributed by atoms with Gasteiger partial charge in [-0.2, -0.15) is 0 Å². The Morgan fingerprint density at radius 3 is 2.21 bits per heavy atom. The van der Waals surface area contributed by atoms with Crippen LogP contribution in [-0.4, -0.2) is 23.1 Å². The van der Waals surface area contributed by atoms with Gasteiger partial charge < -0.3 is 4.74 Å². The van der Waals surface area contributed by atoms with Crippen LogP contribution in [0.15, 0.2) is 41.3 Å². The zero-order valence-electron chi connectivity index (χ0n) is 12.2. The Kier molecular flexibility index (Phi) is 5.31. The number of benzene rings is 2. The molecule has 0 amide bonds. The molecule has 0 unspecified atom stereocenters. The molecule has 3 N–H and O–H groups in total. The normalized spacial score (nSPS) is 12.0. The number of primary sulfonamides is 1. The van der Waals surface area contributed by atoms with Crippen LogP contribution in [0.5, 0.6) is 11.5 Å². The van der Waals surface area contributed by atoms with Crippen LogP contribution in [0.3, 0.4) is 0 Å². The molecule has 7 nitrogen and oxygen atoms in total. The predicted octanol–water partition coefficient (Wildman–Crippen LogP) is 2.80. The maximum atomic E-state index is 11.5. The molecule has 130 valence electrons. The Morgan fingerprint density at radius 1 is 1.00 bits per heavy atom. The smallest absolute Gasteiger partial charge is 0.238 e. The second kappa shape index (κ2) is 6.77. The number of ether oxygens (including phenoxy) is 1. The molecule has 11 heteroatoms. The topological polar surface area (TPSA) is 116 Å². The molecule has 0 aromatic heterocycles. The number of hydrogen-bond acceptors (Lipinski definition) is 5. The van der Waals surface area contributed by atoms with Crippen molar-refractivity contribution in [2.24, 2.45) is 5.14 Å². The van der Waals surface area contributed by atoms with Crippen molar-refractivity contribution >= 4 is 48.9 Å². The van der Waals surface area contributed by atoms with Crippen LogP contribution in [0.2, 0.25) is 10.0 Å². The van der Waals surface area contributed by atoms with Crippen molar-refractivity contribution in [3.8, 4) is 11.5 Å². The summed E-state index contributed by atoms with van der Waals surface area (Å²) in [6, 6.07) is 7.85. The highest BCUT2D eigenvalue weighted by Gasteiger charge is 2.16. The van der Waals surface area contributed by atoms with Gasteiger partial charge in [0.25, 0.3) is 0 Å². The van der Waals surface area contributed by atoms with Crippen molar-refractivity contribution in [2.45, 2.75) is 4.90 Å². The minimum atomic E-state index is -4.01. The highest BCUT2D eigenvalue weighted by Crippen LogP contribution is 2.36. The largest absolute Gasteiger partial charge is 0.454 e. The van der Waals surface area contributed by atoms with Gasteiger partial charge in [-0.05, 0) is 30.3 Å². The van der Waals surface area contributed by atoms with Crippen molar-refractivity contribution in [1.82, 2.24) is 0 Å². The van der Waals surface area contributed by atoms with Gasteiger partial charge in [0.05, 0.1) is 21.9 Å². The molecule has 0 saturated carbocycles. The third-order valence-electron chi connectivity index (χ3n) is 2.69. The zero-order chi connectivity index (χ0) is 18.1. The maximum Gasteiger partial charge on any atom is 0.238 e. The molecule has 0 fully saturated rings. The molecule has 0 heterocycles. The minimum Gasteiger partial charge on any atom is -0.454 e. The van der Waals surface area contributed by atoms with Crippen LogP contribution in [0, 0.1) is 0 Å². The molecule has 0 aliphatic carbocycles. The number of nitrogens with two attached hydrogens (primary N) is 1. The fourth-order valence-electron chi connectivity index (χ4n) is 1.72. The fourth-order valence-corrected chi connectivity index (χ4v) is 3.27. The van der Waals surface area contributed by atoms with Gasteiger partial charge in [-0.1, -0.05) is 23.2 Å². The molecule has 2 aromatic carbocycles. The Morgan fingerprint density at radius 2 is 1.67 bits per heavy atom. The van der Waals surface area contributed by atoms with E-state index in [1.807, 2.05) is 0 Å². The molecule has 0 bridgehead atoms. The number of hydrogen-bond donors (Lipinski definition) is 2. The van der Waals surface area contributed by atoms with Crippen molar-refractivity contribution in [2.75, 3.05) is 11.0 Å². The highest BCUT2D eigenvalue weighted by molar-refractivity contribution is 7.92. The van der Waals surface area contributed by atoms with E-state index in [1.165, 1.54) is 24.3 Å². The first-order valence-electron chi connectivity index (χ1n) is 6.23. The first-order valence-corrected chi connectivity index (χ1v) is 10.4. The summed E-state index contributed by atoms with van der Waals surface area (Å²) in [6.07, 6.45) is 0.944. The van der Waals surface area contributed by atoms with Gasteiger partial charge in [-0.15, -0.1) is 0 Å². The lowest BCUT2D eigenvalue weighted by Gasteiger charge is -2.14. The lowest BCUT2D eigenvalue weighted by molar-refractivity contribution is 0.483. The predicted molar refractivity (Wildman–Crippen MR) is 92.8 cm³/mol. The average molecular weight is 411 g/mol. The quantitative estimate of drug-likeness (QED) is 0.785. The van der Waals surface area contributed by atoms with Gasteiger partial charge in [0.15, 0.2) is 5.75 Å². The van der Waals surface area contributed by atoms with Gasteiger partial charge >= 0.3 is 0 Å². The number of anilines is 1. The average Bonchev–Trinajstić information content (AvgIpc) is 2.40. The minimum absolute atomic E-state index is 0.0240. The standard InChI is InChI=1S/C13H12Cl2N2O5S2/c1-23(18,19)17-11-4-3-9(24(16,20)21)7-13(11)22-12-5-2-8(14)6-10(12)15/h2-7,17H,1H3,(H2,16,20,21). The van der Waals surface area contributed by atoms with Crippen molar-refractivity contribution in [1.29, 1.82) is 0 Å². The zero-order valence-corrected chi connectivity index (χ0v) is 15.3. The van der Waals surface area contributed by atoms with Gasteiger partial charge in [-0.3, -0.25) is 4.72 Å². The third kappa shape index (κ3) is 4.99. The molecule has 2 aromatic rings. The second-order valence-corrected chi connectivity index (χ2v) is 8.91. The molecular formula is C13H12Cl2N2O5S2. The Balaban J connectivity index is 2.54. The van der Waals surface area contributed by atoms with Crippen LogP contribution in [-0.2, 0) is 20.0 Å². The van der Waals surface area contributed by atoms with Gasteiger partial charge in [-0.25, -0.2) is 22.0 Å². The highest BCUT2D eigenvalue weighted by atomic mass is 35.5. The van der Waals surface area contributed by atoms with Crippen LogP contribution in [0.1, 0.15) is 0 Å². The van der Waals surface area contributed by atoms with E-state index in [0.717, 1.165) is 18.4 Å². The Bertz CT molecular complexity index is 991. The lowest BCUT2D eigenvalue weighted by Crippen LogP contribution is -2.14. The molecule has 0 atom stereocenters. The summed E-state index contributed by atoms with van der Waals surface area (Å²) in [4.78, 5) is -0.248. The monoisotopic (exact) mass is 410 g/mol. The van der Waals surface area contributed by atoms with E-state index < -0.39 is 20.0 Å². The summed E-state index contributed by atoms with van der Waals surface area (Å²) in [6.45, 7) is 0. The number of halogens is 2. The molecule has 2 rings (SSSR count). The van der Waals surface area contributed by atoms with E-state index in [2.05, 4.69) is 4.72 Å². The first-order chi connectivity index (χ1) is 11.0. The van der Waals surface area contributed by atoms with Gasteiger partial charge in [0.1, 0.15) is 5.75 Å².